The van der Waals surface area contributed by atoms with Gasteiger partial charge in [-0.1, -0.05) is 77.9 Å². The molecule has 0 fully saturated rings. The molecule has 4 rings (SSSR count). The van der Waals surface area contributed by atoms with Gasteiger partial charge in [0.1, 0.15) is 5.70 Å². The van der Waals surface area contributed by atoms with Crippen LogP contribution in [0.25, 0.3) is 0 Å². The second kappa shape index (κ2) is 10.5. The number of nitrogens with zero attached hydrogens (tertiary/aromatic N) is 1. The van der Waals surface area contributed by atoms with Crippen LogP contribution < -0.4 is 5.32 Å². The fourth-order valence-electron chi connectivity index (χ4n) is 4.26. The molecule has 5 heteroatoms. The Balaban J connectivity index is 1.84. The van der Waals surface area contributed by atoms with Gasteiger partial charge >= 0.3 is 0 Å². The summed E-state index contributed by atoms with van der Waals surface area (Å²) in [4.78, 5) is 29.5. The van der Waals surface area contributed by atoms with Gasteiger partial charge in [-0.2, -0.15) is 0 Å². The number of nitrogens with one attached hydrogen (secondary N) is 1. The smallest absolute Gasteiger partial charge is 0.271 e. The second-order valence-corrected chi connectivity index (χ2v) is 8.63. The van der Waals surface area contributed by atoms with E-state index in [4.69, 9.17) is 4.74 Å². The van der Waals surface area contributed by atoms with E-state index in [1.807, 2.05) is 92.7 Å². The van der Waals surface area contributed by atoms with Crippen molar-refractivity contribution in [1.29, 1.82) is 0 Å². The van der Waals surface area contributed by atoms with E-state index in [1.54, 1.807) is 12.0 Å². The van der Waals surface area contributed by atoms with Crippen LogP contribution in [0.15, 0.2) is 90.1 Å². The Kier molecular flexibility index (Phi) is 7.24. The topological polar surface area (TPSA) is 58.6 Å². The first-order chi connectivity index (χ1) is 16.5. The quantitative estimate of drug-likeness (QED) is 0.344. The van der Waals surface area contributed by atoms with Crippen LogP contribution in [0.1, 0.15) is 39.5 Å². The molecule has 1 atom stereocenters. The van der Waals surface area contributed by atoms with E-state index in [0.29, 0.717) is 36.4 Å². The van der Waals surface area contributed by atoms with Gasteiger partial charge in [0.25, 0.3) is 5.91 Å². The first-order valence-electron chi connectivity index (χ1n) is 11.5. The monoisotopic (exact) mass is 454 g/mol. The number of carbonyl (C=O) groups is 2. The summed E-state index contributed by atoms with van der Waals surface area (Å²) in [5.74, 6) is -0.327. The summed E-state index contributed by atoms with van der Waals surface area (Å²) >= 11 is 0. The van der Waals surface area contributed by atoms with Gasteiger partial charge in [-0.05, 0) is 38.0 Å². The highest BCUT2D eigenvalue weighted by Gasteiger charge is 2.43. The van der Waals surface area contributed by atoms with Crippen molar-refractivity contribution in [1.82, 2.24) is 4.90 Å². The van der Waals surface area contributed by atoms with Crippen molar-refractivity contribution in [3.8, 4) is 0 Å². The number of ether oxygens (including phenoxy) is 1. The van der Waals surface area contributed by atoms with Gasteiger partial charge in [-0.3, -0.25) is 9.59 Å². The molecule has 3 aromatic rings. The molecule has 0 aromatic heterocycles. The number of aryl methyl sites for hydroxylation is 2. The molecule has 1 amide bonds. The molecular formula is C29H30N2O3. The fourth-order valence-corrected chi connectivity index (χ4v) is 4.26. The Morgan fingerprint density at radius 1 is 0.912 bits per heavy atom. The summed E-state index contributed by atoms with van der Waals surface area (Å²) in [5, 5.41) is 3.29. The maximum Gasteiger partial charge on any atom is 0.271 e. The van der Waals surface area contributed by atoms with Gasteiger partial charge in [0.15, 0.2) is 5.78 Å². The molecule has 0 unspecified atom stereocenters. The molecule has 3 aromatic carbocycles. The van der Waals surface area contributed by atoms with E-state index < -0.39 is 6.04 Å². The average Bonchev–Trinajstić information content (AvgIpc) is 3.12. The van der Waals surface area contributed by atoms with E-state index in [0.717, 1.165) is 22.4 Å². The summed E-state index contributed by atoms with van der Waals surface area (Å²) in [6.07, 6.45) is 0.676. The number of Topliss-reactive ketones (excluding diaryl/α,β-unsaturated/α-hetero) is 1. The van der Waals surface area contributed by atoms with Gasteiger partial charge in [0, 0.05) is 31.5 Å². The molecule has 1 N–H and O–H groups in total. The summed E-state index contributed by atoms with van der Waals surface area (Å²) in [7, 11) is 1.65. The van der Waals surface area contributed by atoms with Gasteiger partial charge in [0.2, 0.25) is 0 Å². The number of rotatable bonds is 9. The number of amides is 1. The third kappa shape index (κ3) is 4.95. The lowest BCUT2D eigenvalue weighted by molar-refractivity contribution is -0.127. The summed E-state index contributed by atoms with van der Waals surface area (Å²) in [6.45, 7) is 5.02. The zero-order valence-corrected chi connectivity index (χ0v) is 19.9. The third-order valence-electron chi connectivity index (χ3n) is 6.07. The normalized spacial score (nSPS) is 15.7. The molecule has 0 radical (unpaired) electrons. The number of carbonyl (C=O) groups excluding carboxylic acids is 2. The molecule has 5 nitrogen and oxygen atoms in total. The van der Waals surface area contributed by atoms with Gasteiger partial charge in [0.05, 0.1) is 11.6 Å². The van der Waals surface area contributed by atoms with Crippen LogP contribution in [0.5, 0.6) is 0 Å². The zero-order valence-electron chi connectivity index (χ0n) is 19.9. The average molecular weight is 455 g/mol. The Morgan fingerprint density at radius 3 is 2.15 bits per heavy atom. The maximum atomic E-state index is 13.9. The van der Waals surface area contributed by atoms with E-state index in [9.17, 15) is 9.59 Å². The van der Waals surface area contributed by atoms with Crippen LogP contribution in [0.2, 0.25) is 0 Å². The summed E-state index contributed by atoms with van der Waals surface area (Å²) in [5.41, 5.74) is 5.25. The highest BCUT2D eigenvalue weighted by Crippen LogP contribution is 2.40. The van der Waals surface area contributed by atoms with Gasteiger partial charge in [-0.25, -0.2) is 0 Å². The van der Waals surface area contributed by atoms with Crippen molar-refractivity contribution in [3.05, 3.63) is 112 Å². The highest BCUT2D eigenvalue weighted by atomic mass is 16.5. The standard InChI is InChI=1S/C29H30N2O3/c1-20-10-14-23(15-11-20)28(32)25-26(30-24-16-12-21(2)13-17-24)29(33)31(18-7-19-34-3)27(25)22-8-5-4-6-9-22/h4-6,8-17,27,30H,7,18-19H2,1-3H3/t27-/m0/s1. The predicted molar refractivity (Wildman–Crippen MR) is 135 cm³/mol. The largest absolute Gasteiger partial charge is 0.385 e. The minimum atomic E-state index is -0.479. The Labute approximate surface area is 201 Å². The van der Waals surface area contributed by atoms with Crippen LogP contribution in [-0.2, 0) is 9.53 Å². The first-order valence-corrected chi connectivity index (χ1v) is 11.5. The Hall–Kier alpha value is -3.70. The number of hydrogen-bond acceptors (Lipinski definition) is 4. The molecule has 0 saturated heterocycles. The molecule has 0 bridgehead atoms. The number of hydrogen-bond donors (Lipinski definition) is 1. The molecular weight excluding hydrogens is 424 g/mol. The van der Waals surface area contributed by atoms with Crippen molar-refractivity contribution in [2.75, 3.05) is 25.6 Å². The van der Waals surface area contributed by atoms with Crippen molar-refractivity contribution in [3.63, 3.8) is 0 Å². The maximum absolute atomic E-state index is 13.9. The van der Waals surface area contributed by atoms with Crippen LogP contribution in [0.3, 0.4) is 0 Å². The number of anilines is 1. The number of methoxy groups -OCH3 is 1. The zero-order chi connectivity index (χ0) is 24.1. The number of benzene rings is 3. The predicted octanol–water partition coefficient (Wildman–Crippen LogP) is 5.47. The van der Waals surface area contributed by atoms with Crippen LogP contribution in [-0.4, -0.2) is 36.9 Å². The highest BCUT2D eigenvalue weighted by molar-refractivity contribution is 6.18. The molecule has 34 heavy (non-hydrogen) atoms. The Bertz CT molecular complexity index is 1180. The minimum absolute atomic E-state index is 0.147. The van der Waals surface area contributed by atoms with Crippen molar-refractivity contribution >= 4 is 17.4 Å². The third-order valence-corrected chi connectivity index (χ3v) is 6.07. The molecule has 1 aliphatic heterocycles. The number of ketones is 1. The lowest BCUT2D eigenvalue weighted by Crippen LogP contribution is -2.33. The molecule has 0 saturated carbocycles. The molecule has 1 heterocycles. The molecule has 174 valence electrons. The summed E-state index contributed by atoms with van der Waals surface area (Å²) < 4.78 is 5.23. The van der Waals surface area contributed by atoms with Crippen molar-refractivity contribution < 1.29 is 14.3 Å². The second-order valence-electron chi connectivity index (χ2n) is 8.63. The summed E-state index contributed by atoms with van der Waals surface area (Å²) in [6, 6.07) is 24.6. The van der Waals surface area contributed by atoms with E-state index in [2.05, 4.69) is 5.32 Å². The van der Waals surface area contributed by atoms with E-state index in [-0.39, 0.29) is 11.7 Å². The first kappa shape index (κ1) is 23.5. The van der Waals surface area contributed by atoms with Crippen LogP contribution in [0.4, 0.5) is 5.69 Å². The van der Waals surface area contributed by atoms with Gasteiger partial charge in [-0.15, -0.1) is 0 Å². The molecule has 0 aliphatic carbocycles. The van der Waals surface area contributed by atoms with Crippen molar-refractivity contribution in [2.45, 2.75) is 26.3 Å². The van der Waals surface area contributed by atoms with Crippen LogP contribution in [0, 0.1) is 13.8 Å². The Morgan fingerprint density at radius 2 is 1.53 bits per heavy atom. The minimum Gasteiger partial charge on any atom is -0.385 e. The van der Waals surface area contributed by atoms with Gasteiger partial charge < -0.3 is 15.0 Å². The van der Waals surface area contributed by atoms with E-state index >= 15 is 0 Å². The lowest BCUT2D eigenvalue weighted by atomic mass is 9.92. The van der Waals surface area contributed by atoms with Crippen LogP contribution >= 0.6 is 0 Å². The molecule has 0 spiro atoms. The van der Waals surface area contributed by atoms with E-state index in [1.165, 1.54) is 0 Å². The fraction of sp³-hybridized carbons (Fsp3) is 0.241. The molecule has 1 aliphatic rings. The lowest BCUT2D eigenvalue weighted by Gasteiger charge is -2.27. The van der Waals surface area contributed by atoms with Crippen molar-refractivity contribution in [2.24, 2.45) is 0 Å². The SMILES string of the molecule is COCCCN1C(=O)C(Nc2ccc(C)cc2)=C(C(=O)c2ccc(C)cc2)[C@@H]1c1ccccc1.